The Morgan fingerprint density at radius 2 is 1.69 bits per heavy atom. The van der Waals surface area contributed by atoms with E-state index in [0.29, 0.717) is 24.7 Å². The van der Waals surface area contributed by atoms with Gasteiger partial charge in [0.15, 0.2) is 22.4 Å². The maximum Gasteiger partial charge on any atom is 0.307 e. The van der Waals surface area contributed by atoms with Crippen molar-refractivity contribution in [3.05, 3.63) is 79.5 Å². The standard InChI is InChI=1S/C50H62N4O13/c1-23-12-11-13-24(2)49(62)53-40-44(60)36-35(39-47(40)66-34-21-31(20-32(56)38(34)52-39)54-17-14-30(15-18-54)22-51-9)37-46(28(6)43(36)59)67-50(8,48(37)61)64-19-16-33(63-10)25(3)45(65-29(7)55)27(5)42(58)26(4)41(23)57/h11-13,16,19-21,23,25-27,30,33,41-42,45,51,57-59,61H,14-15,17-18,22H2,1-10H3,(H,53,62)/t23-,25+,26+,27+,33-,41-,42+,45+,50-/m0/s1. The second kappa shape index (κ2) is 19.3. The maximum absolute atomic E-state index is 14.9. The number of carbonyl (C=O) groups excluding carboxylic acids is 2. The average molecular weight is 927 g/mol. The zero-order valence-electron chi connectivity index (χ0n) is 39.6. The normalized spacial score (nSPS) is 27.9. The fourth-order valence-corrected chi connectivity index (χ4v) is 9.74. The lowest BCUT2D eigenvalue weighted by molar-refractivity contribution is -0.160. The number of nitrogens with one attached hydrogen (secondary N) is 2. The summed E-state index contributed by atoms with van der Waals surface area (Å²) < 4.78 is 30.5. The van der Waals surface area contributed by atoms with E-state index in [2.05, 4.69) is 15.5 Å². The zero-order valence-corrected chi connectivity index (χ0v) is 39.6. The summed E-state index contributed by atoms with van der Waals surface area (Å²) in [5.74, 6) is -6.44. The van der Waals surface area contributed by atoms with E-state index in [-0.39, 0.29) is 60.8 Å². The smallest absolute Gasteiger partial charge is 0.307 e. The van der Waals surface area contributed by atoms with Crippen molar-refractivity contribution in [1.82, 2.24) is 10.3 Å². The number of aromatic nitrogens is 1. The predicted octanol–water partition coefficient (Wildman–Crippen LogP) is 5.00. The Balaban J connectivity index is 1.46. The Morgan fingerprint density at radius 3 is 2.34 bits per heavy atom. The first-order chi connectivity index (χ1) is 31.7. The maximum atomic E-state index is 14.9. The van der Waals surface area contributed by atoms with Crippen LogP contribution in [0.2, 0.25) is 0 Å². The first-order valence-electron chi connectivity index (χ1n) is 22.8. The average Bonchev–Trinajstić information content (AvgIpc) is 3.56. The van der Waals surface area contributed by atoms with Gasteiger partial charge in [0.25, 0.3) is 5.91 Å². The summed E-state index contributed by atoms with van der Waals surface area (Å²) >= 11 is 0. The molecule has 4 heterocycles. The van der Waals surface area contributed by atoms with Gasteiger partial charge in [-0.1, -0.05) is 45.9 Å². The van der Waals surface area contributed by atoms with E-state index >= 15 is 0 Å². The molecule has 5 bridgehead atoms. The molecule has 6 N–H and O–H groups in total. The molecule has 17 nitrogen and oxygen atoms in total. The molecule has 9 atom stereocenters. The third-order valence-electron chi connectivity index (χ3n) is 13.9. The van der Waals surface area contributed by atoms with Crippen LogP contribution < -0.4 is 36.3 Å². The van der Waals surface area contributed by atoms with Gasteiger partial charge in [-0.25, -0.2) is 4.98 Å². The Hall–Kier alpha value is -6.01. The van der Waals surface area contributed by atoms with Crippen LogP contribution in [0.1, 0.15) is 66.9 Å². The number of phenols is 1. The van der Waals surface area contributed by atoms with E-state index in [0.717, 1.165) is 19.4 Å². The summed E-state index contributed by atoms with van der Waals surface area (Å²) in [4.78, 5) is 62.2. The summed E-state index contributed by atoms with van der Waals surface area (Å²) in [6.45, 7) is 14.9. The SMILES string of the molecule is CNCC1CCN(c2cc(=O)c3nc4c(oc3c2)c2c(=O)c3c(O)c(C)c5c(c34)=C(O)[C@@](C)(OC=C[C@H](OC)[C@@H](C)[C@@H](OC(C)=O)[C@H](C)[C@H](O)[C@H](C)[C@@H](O)[C@@H](C)C=CC=C(C)C(=O)N2)O5)CC1. The zero-order chi connectivity index (χ0) is 48.8. The molecular weight excluding hydrogens is 865 g/mol. The van der Waals surface area contributed by atoms with Gasteiger partial charge in [0.2, 0.25) is 10.9 Å². The number of hydrogen-bond acceptors (Lipinski definition) is 16. The van der Waals surface area contributed by atoms with Gasteiger partial charge in [-0.3, -0.25) is 19.2 Å². The van der Waals surface area contributed by atoms with Gasteiger partial charge in [-0.05, 0) is 52.3 Å². The highest BCUT2D eigenvalue weighted by Crippen LogP contribution is 2.42. The van der Waals surface area contributed by atoms with E-state index in [9.17, 15) is 39.6 Å². The van der Waals surface area contributed by atoms with Crippen molar-refractivity contribution in [2.45, 2.75) is 98.4 Å². The predicted molar refractivity (Wildman–Crippen MR) is 254 cm³/mol. The summed E-state index contributed by atoms with van der Waals surface area (Å²) in [6, 6.07) is 3.16. The second-order valence-electron chi connectivity index (χ2n) is 18.5. The van der Waals surface area contributed by atoms with Crippen LogP contribution in [0.25, 0.3) is 38.7 Å². The molecule has 1 amide bonds. The van der Waals surface area contributed by atoms with Crippen molar-refractivity contribution in [3.8, 4) is 11.5 Å². The fraction of sp³-hybridized carbons (Fsp3) is 0.500. The number of rotatable bonds is 5. The highest BCUT2D eigenvalue weighted by atomic mass is 16.7. The number of aliphatic hydroxyl groups excluding tert-OH is 3. The minimum absolute atomic E-state index is 0.0415. The Kier molecular flexibility index (Phi) is 14.1. The van der Waals surface area contributed by atoms with Crippen LogP contribution in [0.5, 0.6) is 11.5 Å². The second-order valence-corrected chi connectivity index (χ2v) is 18.5. The van der Waals surface area contributed by atoms with Crippen LogP contribution >= 0.6 is 0 Å². The number of anilines is 2. The highest BCUT2D eigenvalue weighted by Gasteiger charge is 2.44. The molecule has 0 aliphatic carbocycles. The van der Waals surface area contributed by atoms with Crippen molar-refractivity contribution in [3.63, 3.8) is 0 Å². The van der Waals surface area contributed by atoms with E-state index in [1.165, 1.54) is 59.3 Å². The monoisotopic (exact) mass is 926 g/mol. The number of aromatic hydroxyl groups is 1. The number of methoxy groups -OCH3 is 1. The van der Waals surface area contributed by atoms with E-state index in [1.54, 1.807) is 45.9 Å². The van der Waals surface area contributed by atoms with Gasteiger partial charge in [0.05, 0.1) is 35.2 Å². The summed E-state index contributed by atoms with van der Waals surface area (Å²) in [5, 5.41) is 52.5. The minimum atomic E-state index is -1.98. The molecular formula is C50H62N4O13. The number of fused-ring (bicyclic) bond motifs is 5. The lowest BCUT2D eigenvalue weighted by Gasteiger charge is -2.38. The van der Waals surface area contributed by atoms with Gasteiger partial charge in [-0.15, -0.1) is 0 Å². The van der Waals surface area contributed by atoms with Crippen LogP contribution in [0.3, 0.4) is 0 Å². The summed E-state index contributed by atoms with van der Waals surface area (Å²) in [7, 11) is 3.36. The first-order valence-corrected chi connectivity index (χ1v) is 22.8. The number of esters is 1. The van der Waals surface area contributed by atoms with Crippen molar-refractivity contribution in [2.24, 2.45) is 29.6 Å². The molecule has 0 spiro atoms. The first kappa shape index (κ1) is 48.9. The molecule has 4 aromatic rings. The molecule has 3 aliphatic rings. The molecule has 1 fully saturated rings. The number of nitrogens with zero attached hydrogens (tertiary/aromatic N) is 2. The van der Waals surface area contributed by atoms with E-state index < -0.39 is 88.1 Å². The van der Waals surface area contributed by atoms with Crippen molar-refractivity contribution >= 4 is 62.0 Å². The van der Waals surface area contributed by atoms with Crippen LogP contribution in [0.4, 0.5) is 11.4 Å². The number of piperidine rings is 1. The lowest BCUT2D eigenvalue weighted by atomic mass is 9.78. The molecule has 3 aliphatic heterocycles. The summed E-state index contributed by atoms with van der Waals surface area (Å²) in [6.07, 6.45) is 5.38. The molecule has 67 heavy (non-hydrogen) atoms. The van der Waals surface area contributed by atoms with Crippen molar-refractivity contribution < 1.29 is 53.4 Å². The Bertz CT molecular complexity index is 2870. The Labute approximate surface area is 387 Å². The van der Waals surface area contributed by atoms with E-state index in [1.807, 2.05) is 7.05 Å². The molecule has 360 valence electrons. The number of allylic oxidation sites excluding steroid dienone is 2. The minimum Gasteiger partial charge on any atom is -0.507 e. The largest absolute Gasteiger partial charge is 0.507 e. The molecule has 3 aromatic carbocycles. The Morgan fingerprint density at radius 1 is 0.985 bits per heavy atom. The van der Waals surface area contributed by atoms with Crippen molar-refractivity contribution in [1.29, 1.82) is 0 Å². The van der Waals surface area contributed by atoms with Crippen LogP contribution in [0.15, 0.2) is 62.3 Å². The third kappa shape index (κ3) is 9.09. The summed E-state index contributed by atoms with van der Waals surface area (Å²) in [5.41, 5.74) is -1.33. The number of benzene rings is 3. The van der Waals surface area contributed by atoms with Gasteiger partial charge in [0.1, 0.15) is 28.8 Å². The fourth-order valence-electron chi connectivity index (χ4n) is 9.74. The van der Waals surface area contributed by atoms with Gasteiger partial charge < -0.3 is 59.3 Å². The number of phenolic OH excluding ortho intramolecular Hbond substituents is 1. The van der Waals surface area contributed by atoms with Crippen molar-refractivity contribution in [2.75, 3.05) is 44.0 Å². The van der Waals surface area contributed by atoms with Crippen LogP contribution in [0, 0.1) is 36.5 Å². The number of aliphatic hydroxyl groups is 3. The number of amides is 1. The molecule has 7 rings (SSSR count). The molecule has 1 aromatic heterocycles. The topological polar surface area (TPSA) is 239 Å². The lowest BCUT2D eigenvalue weighted by Crippen LogP contribution is -2.46. The third-order valence-corrected chi connectivity index (χ3v) is 13.9. The van der Waals surface area contributed by atoms with Gasteiger partial charge >= 0.3 is 11.8 Å². The quantitative estimate of drug-likeness (QED) is 0.0878. The van der Waals surface area contributed by atoms with Gasteiger partial charge in [-0.2, -0.15) is 0 Å². The molecule has 0 saturated carbocycles. The van der Waals surface area contributed by atoms with Gasteiger partial charge in [0, 0.05) is 92.1 Å². The molecule has 17 heteroatoms. The molecule has 1 saturated heterocycles. The number of carbonyl (C=O) groups is 2. The highest BCUT2D eigenvalue weighted by molar-refractivity contribution is 6.16. The molecule has 0 radical (unpaired) electrons. The van der Waals surface area contributed by atoms with Crippen LogP contribution in [-0.2, 0) is 23.8 Å². The van der Waals surface area contributed by atoms with Crippen LogP contribution in [-0.4, -0.2) is 101 Å². The number of ether oxygens (including phenoxy) is 4. The van der Waals surface area contributed by atoms with E-state index in [4.69, 9.17) is 28.3 Å². The molecule has 0 unspecified atom stereocenters. The number of hydrogen-bond donors (Lipinski definition) is 6.